The molecule has 1 N–H and O–H groups in total. The minimum Gasteiger partial charge on any atom is -0.390 e. The predicted octanol–water partition coefficient (Wildman–Crippen LogP) is 7.25. The van der Waals surface area contributed by atoms with E-state index in [1.807, 2.05) is 30.3 Å². The van der Waals surface area contributed by atoms with E-state index in [1.54, 1.807) is 0 Å². The molecule has 1 aromatic carbocycles. The normalized spacial score (nSPS) is 16.3. The number of Topliss-reactive ketones (excluding diaryl/α,β-unsaturated/α-hetero) is 1. The van der Waals surface area contributed by atoms with Crippen molar-refractivity contribution in [2.75, 3.05) is 0 Å². The number of carbonyl (C=O) groups is 1. The zero-order valence-corrected chi connectivity index (χ0v) is 17.3. The van der Waals surface area contributed by atoms with E-state index in [-0.39, 0.29) is 11.4 Å². The summed E-state index contributed by atoms with van der Waals surface area (Å²) < 4.78 is 0. The van der Waals surface area contributed by atoms with E-state index in [1.165, 1.54) is 77.0 Å². The molecule has 1 saturated carbocycles. The van der Waals surface area contributed by atoms with Gasteiger partial charge in [0, 0.05) is 12.0 Å². The summed E-state index contributed by atoms with van der Waals surface area (Å²) in [7, 11) is 0. The van der Waals surface area contributed by atoms with E-state index in [0.29, 0.717) is 6.42 Å². The molecule has 2 heteroatoms. The highest BCUT2D eigenvalue weighted by molar-refractivity contribution is 5.95. The van der Waals surface area contributed by atoms with Crippen LogP contribution in [-0.4, -0.2) is 16.5 Å². The maximum absolute atomic E-state index is 12.0. The highest BCUT2D eigenvalue weighted by atomic mass is 16.3. The minimum atomic E-state index is -0.319. The lowest BCUT2D eigenvalue weighted by Gasteiger charge is -2.32. The zero-order chi connectivity index (χ0) is 19.2. The van der Waals surface area contributed by atoms with Crippen molar-refractivity contribution in [1.29, 1.82) is 0 Å². The lowest BCUT2D eigenvalue weighted by molar-refractivity contribution is -0.00588. The van der Waals surface area contributed by atoms with Crippen LogP contribution in [0.4, 0.5) is 0 Å². The van der Waals surface area contributed by atoms with Gasteiger partial charge in [0.25, 0.3) is 0 Å². The van der Waals surface area contributed by atoms with Crippen molar-refractivity contribution >= 4 is 5.78 Å². The third-order valence-electron chi connectivity index (χ3n) is 6.18. The number of rotatable bonds is 14. The average Bonchev–Trinajstić information content (AvgIpc) is 2.70. The van der Waals surface area contributed by atoms with Gasteiger partial charge in [0.1, 0.15) is 0 Å². The number of ketones is 1. The largest absolute Gasteiger partial charge is 0.390 e. The molecule has 1 fully saturated rings. The van der Waals surface area contributed by atoms with E-state index in [2.05, 4.69) is 0 Å². The number of benzene rings is 1. The Bertz CT molecular complexity index is 502. The van der Waals surface area contributed by atoms with Crippen molar-refractivity contribution in [2.45, 2.75) is 115 Å². The zero-order valence-electron chi connectivity index (χ0n) is 17.3. The van der Waals surface area contributed by atoms with E-state index >= 15 is 0 Å². The van der Waals surface area contributed by atoms with Gasteiger partial charge in [-0.15, -0.1) is 0 Å². The number of hydrogen-bond acceptors (Lipinski definition) is 2. The number of hydrogen-bond donors (Lipinski definition) is 1. The summed E-state index contributed by atoms with van der Waals surface area (Å²) in [6.45, 7) is 0. The molecule has 0 spiro atoms. The lowest BCUT2D eigenvalue weighted by Crippen LogP contribution is -2.30. The fourth-order valence-electron chi connectivity index (χ4n) is 4.38. The van der Waals surface area contributed by atoms with Gasteiger partial charge in [-0.3, -0.25) is 4.79 Å². The van der Waals surface area contributed by atoms with Gasteiger partial charge in [0.05, 0.1) is 5.60 Å². The molecule has 0 aliphatic heterocycles. The van der Waals surface area contributed by atoms with Crippen LogP contribution in [0.25, 0.3) is 0 Å². The van der Waals surface area contributed by atoms with Crippen LogP contribution in [0.5, 0.6) is 0 Å². The van der Waals surface area contributed by atoms with Crippen LogP contribution in [0.2, 0.25) is 0 Å². The summed E-state index contributed by atoms with van der Waals surface area (Å²) in [5, 5.41) is 10.5. The van der Waals surface area contributed by atoms with Gasteiger partial charge in [-0.2, -0.15) is 0 Å². The molecule has 0 bridgehead atoms. The standard InChI is InChI=1S/C25H40O2/c26-24(23-17-11-9-12-18-23)19-13-7-5-3-1-2-4-6-8-14-20-25(27)21-15-10-16-22-25/h9,11-12,17-18,27H,1-8,10,13-16,19-22H2. The van der Waals surface area contributed by atoms with Gasteiger partial charge >= 0.3 is 0 Å². The van der Waals surface area contributed by atoms with Crippen LogP contribution in [-0.2, 0) is 0 Å². The topological polar surface area (TPSA) is 37.3 Å². The summed E-state index contributed by atoms with van der Waals surface area (Å²) in [5.74, 6) is 0.286. The van der Waals surface area contributed by atoms with E-state index in [9.17, 15) is 9.90 Å². The number of carbonyl (C=O) groups excluding carboxylic acids is 1. The van der Waals surface area contributed by atoms with Crippen molar-refractivity contribution < 1.29 is 9.90 Å². The second-order valence-electron chi connectivity index (χ2n) is 8.61. The first kappa shape index (κ1) is 22.1. The molecular weight excluding hydrogens is 332 g/mol. The van der Waals surface area contributed by atoms with Crippen molar-refractivity contribution in [1.82, 2.24) is 0 Å². The van der Waals surface area contributed by atoms with Crippen LogP contribution in [0.3, 0.4) is 0 Å². The van der Waals surface area contributed by atoms with Crippen LogP contribution >= 0.6 is 0 Å². The molecule has 1 aromatic rings. The molecule has 1 aliphatic carbocycles. The molecule has 0 heterocycles. The smallest absolute Gasteiger partial charge is 0.162 e. The Hall–Kier alpha value is -1.15. The number of unbranched alkanes of at least 4 members (excludes halogenated alkanes) is 9. The molecule has 2 nitrogen and oxygen atoms in total. The van der Waals surface area contributed by atoms with Crippen LogP contribution in [0.1, 0.15) is 120 Å². The first-order valence-corrected chi connectivity index (χ1v) is 11.5. The molecule has 27 heavy (non-hydrogen) atoms. The van der Waals surface area contributed by atoms with Gasteiger partial charge in [0.2, 0.25) is 0 Å². The van der Waals surface area contributed by atoms with Crippen molar-refractivity contribution in [3.05, 3.63) is 35.9 Å². The van der Waals surface area contributed by atoms with Gasteiger partial charge in [-0.25, -0.2) is 0 Å². The summed E-state index contributed by atoms with van der Waals surface area (Å²) in [4.78, 5) is 12.0. The molecule has 0 radical (unpaired) electrons. The molecule has 0 unspecified atom stereocenters. The highest BCUT2D eigenvalue weighted by Gasteiger charge is 2.27. The Morgan fingerprint density at radius 3 is 1.85 bits per heavy atom. The predicted molar refractivity (Wildman–Crippen MR) is 114 cm³/mol. The molecule has 2 rings (SSSR count). The van der Waals surface area contributed by atoms with E-state index in [4.69, 9.17) is 0 Å². The number of aliphatic hydroxyl groups is 1. The molecule has 0 saturated heterocycles. The third kappa shape index (κ3) is 9.55. The van der Waals surface area contributed by atoms with Gasteiger partial charge in [0.15, 0.2) is 5.78 Å². The summed E-state index contributed by atoms with van der Waals surface area (Å²) >= 11 is 0. The second kappa shape index (κ2) is 13.1. The SMILES string of the molecule is O=C(CCCCCCCCCCCCC1(O)CCCCC1)c1ccccc1. The van der Waals surface area contributed by atoms with Gasteiger partial charge in [-0.05, 0) is 25.7 Å². The molecule has 0 atom stereocenters. The molecule has 0 amide bonds. The van der Waals surface area contributed by atoms with Crippen LogP contribution in [0.15, 0.2) is 30.3 Å². The van der Waals surface area contributed by atoms with Crippen molar-refractivity contribution in [3.63, 3.8) is 0 Å². The summed E-state index contributed by atoms with van der Waals surface area (Å²) in [6, 6.07) is 9.66. The summed E-state index contributed by atoms with van der Waals surface area (Å²) in [5.41, 5.74) is 0.535. The average molecular weight is 373 g/mol. The van der Waals surface area contributed by atoms with Crippen LogP contribution in [0, 0.1) is 0 Å². The second-order valence-corrected chi connectivity index (χ2v) is 8.61. The fourth-order valence-corrected chi connectivity index (χ4v) is 4.38. The lowest BCUT2D eigenvalue weighted by atomic mass is 9.81. The van der Waals surface area contributed by atoms with Gasteiger partial charge in [-0.1, -0.05) is 107 Å². The van der Waals surface area contributed by atoms with Crippen LogP contribution < -0.4 is 0 Å². The Morgan fingerprint density at radius 2 is 1.26 bits per heavy atom. The monoisotopic (exact) mass is 372 g/mol. The molecule has 0 aromatic heterocycles. The van der Waals surface area contributed by atoms with E-state index < -0.39 is 0 Å². The maximum atomic E-state index is 12.0. The first-order chi connectivity index (χ1) is 13.2. The molecule has 152 valence electrons. The Balaban J connectivity index is 1.34. The Labute approximate surface area is 166 Å². The fraction of sp³-hybridized carbons (Fsp3) is 0.720. The van der Waals surface area contributed by atoms with Gasteiger partial charge < -0.3 is 5.11 Å². The summed E-state index contributed by atoms with van der Waals surface area (Å²) in [6.07, 6.45) is 20.1. The quantitative estimate of drug-likeness (QED) is 0.276. The van der Waals surface area contributed by atoms with Crippen molar-refractivity contribution in [3.8, 4) is 0 Å². The molecular formula is C25H40O2. The third-order valence-corrected chi connectivity index (χ3v) is 6.18. The van der Waals surface area contributed by atoms with E-state index in [0.717, 1.165) is 31.2 Å². The molecule has 1 aliphatic rings. The Kier molecular flexibility index (Phi) is 10.7. The van der Waals surface area contributed by atoms with Crippen molar-refractivity contribution in [2.24, 2.45) is 0 Å². The Morgan fingerprint density at radius 1 is 0.741 bits per heavy atom. The maximum Gasteiger partial charge on any atom is 0.162 e. The highest BCUT2D eigenvalue weighted by Crippen LogP contribution is 2.32. The first-order valence-electron chi connectivity index (χ1n) is 11.5. The minimum absolute atomic E-state index is 0.286.